The maximum absolute atomic E-state index is 13.2. The Morgan fingerprint density at radius 3 is 2.59 bits per heavy atom. The third-order valence-electron chi connectivity index (χ3n) is 5.97. The lowest BCUT2D eigenvalue weighted by Crippen LogP contribution is -2.50. The van der Waals surface area contributed by atoms with Crippen LogP contribution in [0, 0.1) is 5.41 Å². The van der Waals surface area contributed by atoms with Crippen molar-refractivity contribution in [3.05, 3.63) is 28.8 Å². The van der Waals surface area contributed by atoms with Crippen molar-refractivity contribution in [3.8, 4) is 5.75 Å². The second-order valence-corrected chi connectivity index (χ2v) is 7.69. The van der Waals surface area contributed by atoms with E-state index >= 15 is 0 Å². The van der Waals surface area contributed by atoms with Gasteiger partial charge in [-0.2, -0.15) is 0 Å². The van der Waals surface area contributed by atoms with Gasteiger partial charge in [-0.05, 0) is 68.2 Å². The molecule has 1 heterocycles. The first-order valence-electron chi connectivity index (χ1n) is 9.72. The number of fused-ring (bicyclic) bond motifs is 1. The van der Waals surface area contributed by atoms with Gasteiger partial charge in [0.05, 0.1) is 18.1 Å². The number of carboxylic acids is 1. The quantitative estimate of drug-likeness (QED) is 0.742. The van der Waals surface area contributed by atoms with Crippen LogP contribution in [0.25, 0.3) is 0 Å². The lowest BCUT2D eigenvalue weighted by atomic mass is 9.76. The van der Waals surface area contributed by atoms with Crippen LogP contribution in [0.2, 0.25) is 0 Å². The van der Waals surface area contributed by atoms with Crippen LogP contribution in [-0.2, 0) is 22.4 Å². The predicted octanol–water partition coefficient (Wildman–Crippen LogP) is 2.92. The highest BCUT2D eigenvalue weighted by molar-refractivity contribution is 5.98. The third kappa shape index (κ3) is 3.95. The molecule has 1 amide bonds. The molecule has 0 aromatic heterocycles. The van der Waals surface area contributed by atoms with Gasteiger partial charge in [0.1, 0.15) is 5.75 Å². The summed E-state index contributed by atoms with van der Waals surface area (Å²) in [7, 11) is 3.19. The number of carbonyl (C=O) groups excluding carboxylic acids is 1. The highest BCUT2D eigenvalue weighted by Crippen LogP contribution is 2.37. The van der Waals surface area contributed by atoms with E-state index in [4.69, 9.17) is 9.47 Å². The molecule has 1 fully saturated rings. The SMILES string of the molecule is COCCCC1(C(=O)O)CCCN(C(=O)c2cc3c(cc2OC)CCC3)C1. The maximum atomic E-state index is 13.2. The van der Waals surface area contributed by atoms with Crippen LogP contribution in [0.3, 0.4) is 0 Å². The van der Waals surface area contributed by atoms with Crippen LogP contribution in [0.4, 0.5) is 0 Å². The topological polar surface area (TPSA) is 76.1 Å². The van der Waals surface area contributed by atoms with E-state index in [2.05, 4.69) is 0 Å². The summed E-state index contributed by atoms with van der Waals surface area (Å²) in [5, 5.41) is 9.88. The predicted molar refractivity (Wildman–Crippen MR) is 101 cm³/mol. The van der Waals surface area contributed by atoms with Crippen molar-refractivity contribution in [2.75, 3.05) is 33.9 Å². The van der Waals surface area contributed by atoms with Gasteiger partial charge in [0.2, 0.25) is 0 Å². The molecule has 0 bridgehead atoms. The van der Waals surface area contributed by atoms with Gasteiger partial charge in [-0.15, -0.1) is 0 Å². The van der Waals surface area contributed by atoms with Crippen LogP contribution >= 0.6 is 0 Å². The first-order chi connectivity index (χ1) is 13.0. The lowest BCUT2D eigenvalue weighted by Gasteiger charge is -2.40. The molecule has 148 valence electrons. The summed E-state index contributed by atoms with van der Waals surface area (Å²) >= 11 is 0. The minimum Gasteiger partial charge on any atom is -0.496 e. The molecule has 2 aliphatic rings. The van der Waals surface area contributed by atoms with Crippen molar-refractivity contribution in [2.24, 2.45) is 5.41 Å². The van der Waals surface area contributed by atoms with Crippen LogP contribution < -0.4 is 4.74 Å². The molecule has 1 aliphatic carbocycles. The van der Waals surface area contributed by atoms with E-state index in [0.29, 0.717) is 50.1 Å². The van der Waals surface area contributed by atoms with E-state index in [-0.39, 0.29) is 12.5 Å². The number of ether oxygens (including phenoxy) is 2. The minimum absolute atomic E-state index is 0.126. The van der Waals surface area contributed by atoms with Crippen LogP contribution in [0.15, 0.2) is 12.1 Å². The number of hydrogen-bond acceptors (Lipinski definition) is 4. The summed E-state index contributed by atoms with van der Waals surface area (Å²) in [4.78, 5) is 27.0. The number of likely N-dealkylation sites (tertiary alicyclic amines) is 1. The number of methoxy groups -OCH3 is 2. The van der Waals surface area contributed by atoms with Gasteiger partial charge in [-0.1, -0.05) is 0 Å². The van der Waals surface area contributed by atoms with Crippen molar-refractivity contribution >= 4 is 11.9 Å². The summed E-state index contributed by atoms with van der Waals surface area (Å²) in [5.74, 6) is -0.359. The molecule has 1 aromatic rings. The van der Waals surface area contributed by atoms with Crippen LogP contribution in [0.5, 0.6) is 5.75 Å². The minimum atomic E-state index is -0.892. The van der Waals surface area contributed by atoms with Gasteiger partial charge in [-0.25, -0.2) is 0 Å². The summed E-state index contributed by atoms with van der Waals surface area (Å²) in [6, 6.07) is 3.92. The first kappa shape index (κ1) is 19.7. The second kappa shape index (κ2) is 8.30. The van der Waals surface area contributed by atoms with Gasteiger partial charge < -0.3 is 19.5 Å². The molecule has 0 radical (unpaired) electrons. The van der Waals surface area contributed by atoms with Gasteiger partial charge >= 0.3 is 5.97 Å². The Bertz CT molecular complexity index is 717. The number of hydrogen-bond donors (Lipinski definition) is 1. The van der Waals surface area contributed by atoms with Crippen molar-refractivity contribution in [1.29, 1.82) is 0 Å². The van der Waals surface area contributed by atoms with Gasteiger partial charge in [-0.3, -0.25) is 9.59 Å². The van der Waals surface area contributed by atoms with Crippen molar-refractivity contribution in [1.82, 2.24) is 4.90 Å². The number of rotatable bonds is 7. The van der Waals surface area contributed by atoms with E-state index < -0.39 is 11.4 Å². The molecule has 6 nitrogen and oxygen atoms in total. The average Bonchev–Trinajstić information content (AvgIpc) is 3.14. The molecule has 0 spiro atoms. The first-order valence-corrected chi connectivity index (χ1v) is 9.72. The fourth-order valence-corrected chi connectivity index (χ4v) is 4.45. The molecule has 6 heteroatoms. The molecule has 3 rings (SSSR count). The fourth-order valence-electron chi connectivity index (χ4n) is 4.45. The van der Waals surface area contributed by atoms with Gasteiger partial charge in [0, 0.05) is 26.8 Å². The molecule has 0 saturated carbocycles. The monoisotopic (exact) mass is 375 g/mol. The molecule has 1 N–H and O–H groups in total. The Morgan fingerprint density at radius 1 is 1.19 bits per heavy atom. The Hall–Kier alpha value is -2.08. The number of aliphatic carboxylic acids is 1. The fraction of sp³-hybridized carbons (Fsp3) is 0.619. The van der Waals surface area contributed by atoms with E-state index in [0.717, 1.165) is 19.3 Å². The molecule has 1 saturated heterocycles. The number of nitrogens with zero attached hydrogens (tertiary/aromatic N) is 1. The second-order valence-electron chi connectivity index (χ2n) is 7.69. The van der Waals surface area contributed by atoms with E-state index in [1.807, 2.05) is 12.1 Å². The van der Waals surface area contributed by atoms with Gasteiger partial charge in [0.25, 0.3) is 5.91 Å². The molecule has 1 aromatic carbocycles. The highest BCUT2D eigenvalue weighted by Gasteiger charge is 2.43. The highest BCUT2D eigenvalue weighted by atomic mass is 16.5. The smallest absolute Gasteiger partial charge is 0.311 e. The largest absolute Gasteiger partial charge is 0.496 e. The normalized spacial score (nSPS) is 21.8. The van der Waals surface area contributed by atoms with Crippen molar-refractivity contribution < 1.29 is 24.2 Å². The Balaban J connectivity index is 1.83. The van der Waals surface area contributed by atoms with E-state index in [1.165, 1.54) is 11.1 Å². The molecule has 1 atom stereocenters. The zero-order valence-electron chi connectivity index (χ0n) is 16.3. The van der Waals surface area contributed by atoms with Crippen molar-refractivity contribution in [3.63, 3.8) is 0 Å². The Labute approximate surface area is 160 Å². The summed E-state index contributed by atoms with van der Waals surface area (Å²) in [5.41, 5.74) is 2.12. The van der Waals surface area contributed by atoms with Crippen molar-refractivity contribution in [2.45, 2.75) is 44.9 Å². The molecular weight excluding hydrogens is 346 g/mol. The number of aryl methyl sites for hydroxylation is 2. The average molecular weight is 375 g/mol. The summed E-state index contributed by atoms with van der Waals surface area (Å²) in [6.07, 6.45) is 5.58. The standard InChI is InChI=1S/C21H29NO5/c1-26-11-5-9-21(20(24)25)8-4-10-22(14-21)19(23)17-12-15-6-3-7-16(15)13-18(17)27-2/h12-13H,3-11,14H2,1-2H3,(H,24,25). The number of piperidine rings is 1. The molecule has 27 heavy (non-hydrogen) atoms. The van der Waals surface area contributed by atoms with E-state index in [9.17, 15) is 14.7 Å². The molecule has 1 aliphatic heterocycles. The zero-order valence-corrected chi connectivity index (χ0v) is 16.3. The van der Waals surface area contributed by atoms with Crippen LogP contribution in [-0.4, -0.2) is 55.8 Å². The third-order valence-corrected chi connectivity index (χ3v) is 5.97. The number of amides is 1. The van der Waals surface area contributed by atoms with Crippen LogP contribution in [0.1, 0.15) is 53.6 Å². The zero-order chi connectivity index (χ0) is 19.4. The summed E-state index contributed by atoms with van der Waals surface area (Å²) < 4.78 is 10.6. The lowest BCUT2D eigenvalue weighted by molar-refractivity contribution is -0.152. The van der Waals surface area contributed by atoms with E-state index in [1.54, 1.807) is 19.1 Å². The Kier molecular flexibility index (Phi) is 6.05. The molecular formula is C21H29NO5. The summed E-state index contributed by atoms with van der Waals surface area (Å²) in [6.45, 7) is 1.35. The number of carbonyl (C=O) groups is 2. The number of carboxylic acid groups (broad SMARTS) is 1. The number of benzene rings is 1. The maximum Gasteiger partial charge on any atom is 0.311 e. The Morgan fingerprint density at radius 2 is 1.93 bits per heavy atom. The van der Waals surface area contributed by atoms with Gasteiger partial charge in [0.15, 0.2) is 0 Å². The molecule has 1 unspecified atom stereocenters.